The summed E-state index contributed by atoms with van der Waals surface area (Å²) in [5.74, 6) is 0.995. The number of carbonyl (C=O) groups excluding carboxylic acids is 1. The second-order valence-electron chi connectivity index (χ2n) is 9.63. The Bertz CT molecular complexity index is 494. The molecule has 2 amide bonds. The largest absolute Gasteiger partial charge is 0.320 e. The van der Waals surface area contributed by atoms with Crippen LogP contribution < -0.4 is 0 Å². The maximum atomic E-state index is 13.1. The van der Waals surface area contributed by atoms with Gasteiger partial charge in [0.15, 0.2) is 0 Å². The van der Waals surface area contributed by atoms with Crippen molar-refractivity contribution < 1.29 is 4.79 Å². The third-order valence-electron chi connectivity index (χ3n) is 8.18. The van der Waals surface area contributed by atoms with Gasteiger partial charge in [-0.05, 0) is 64.2 Å². The summed E-state index contributed by atoms with van der Waals surface area (Å²) < 4.78 is 0. The van der Waals surface area contributed by atoms with Gasteiger partial charge < -0.3 is 14.7 Å². The quantitative estimate of drug-likeness (QED) is 0.685. The molecule has 0 spiro atoms. The second-order valence-corrected chi connectivity index (χ2v) is 9.63. The fourth-order valence-corrected chi connectivity index (χ4v) is 6.74. The molecule has 0 unspecified atom stereocenters. The summed E-state index contributed by atoms with van der Waals surface area (Å²) >= 11 is 0. The molecule has 4 rings (SSSR count). The first-order chi connectivity index (χ1) is 13.2. The lowest BCUT2D eigenvalue weighted by Gasteiger charge is -2.44. The number of rotatable bonds is 5. The number of carbonyl (C=O) groups is 1. The van der Waals surface area contributed by atoms with E-state index in [1.54, 1.807) is 0 Å². The van der Waals surface area contributed by atoms with Crippen molar-refractivity contribution >= 4 is 6.03 Å². The molecule has 4 nitrogen and oxygen atoms in total. The molecule has 4 heteroatoms. The van der Waals surface area contributed by atoms with Gasteiger partial charge in [-0.25, -0.2) is 4.79 Å². The van der Waals surface area contributed by atoms with Crippen LogP contribution in [0.2, 0.25) is 0 Å². The van der Waals surface area contributed by atoms with E-state index in [1.165, 1.54) is 90.1 Å². The third kappa shape index (κ3) is 3.88. The summed E-state index contributed by atoms with van der Waals surface area (Å²) in [6.45, 7) is 7.79. The Morgan fingerprint density at radius 2 is 1.48 bits per heavy atom. The van der Waals surface area contributed by atoms with E-state index in [-0.39, 0.29) is 0 Å². The molecule has 0 aromatic rings. The van der Waals surface area contributed by atoms with Crippen molar-refractivity contribution in [3.63, 3.8) is 0 Å². The lowest BCUT2D eigenvalue weighted by atomic mass is 9.82. The van der Waals surface area contributed by atoms with Gasteiger partial charge in [-0.2, -0.15) is 0 Å². The number of hydrogen-bond acceptors (Lipinski definition) is 2. The van der Waals surface area contributed by atoms with Gasteiger partial charge >= 0.3 is 6.03 Å². The molecule has 2 heterocycles. The summed E-state index contributed by atoms with van der Waals surface area (Å²) in [6, 6.07) is 2.68. The van der Waals surface area contributed by atoms with Crippen LogP contribution in [0.15, 0.2) is 0 Å². The van der Waals surface area contributed by atoms with Crippen molar-refractivity contribution in [2.24, 2.45) is 5.92 Å². The number of urea groups is 1. The van der Waals surface area contributed by atoms with Crippen molar-refractivity contribution in [1.82, 2.24) is 14.7 Å². The molecule has 0 bridgehead atoms. The van der Waals surface area contributed by atoms with Gasteiger partial charge in [-0.1, -0.05) is 32.6 Å². The number of nitrogens with zero attached hydrogens (tertiary/aromatic N) is 3. The van der Waals surface area contributed by atoms with Crippen LogP contribution in [0.1, 0.15) is 90.9 Å². The van der Waals surface area contributed by atoms with Crippen LogP contribution in [0, 0.1) is 5.92 Å². The number of hydrogen-bond donors (Lipinski definition) is 0. The van der Waals surface area contributed by atoms with E-state index in [0.717, 1.165) is 18.5 Å². The molecule has 4 fully saturated rings. The van der Waals surface area contributed by atoms with E-state index in [2.05, 4.69) is 28.5 Å². The highest BCUT2D eigenvalue weighted by Crippen LogP contribution is 2.38. The number of piperidine rings is 1. The number of amides is 2. The highest BCUT2D eigenvalue weighted by atomic mass is 16.2. The van der Waals surface area contributed by atoms with Gasteiger partial charge in [0.05, 0.1) is 12.1 Å². The number of fused-ring (bicyclic) bond motifs is 1. The van der Waals surface area contributed by atoms with Gasteiger partial charge in [0.2, 0.25) is 0 Å². The van der Waals surface area contributed by atoms with Crippen molar-refractivity contribution in [1.29, 1.82) is 0 Å². The SMILES string of the molecule is CCCC1CCC(N2CCC(N3C(=O)N(CC)[C@H]4CCCC[C@H]43)CC2)CC1. The fourth-order valence-electron chi connectivity index (χ4n) is 6.74. The average molecular weight is 376 g/mol. The van der Waals surface area contributed by atoms with E-state index in [9.17, 15) is 4.79 Å². The first-order valence-corrected chi connectivity index (χ1v) is 12.1. The van der Waals surface area contributed by atoms with E-state index in [0.29, 0.717) is 24.2 Å². The normalized spacial score (nSPS) is 36.3. The Balaban J connectivity index is 1.32. The van der Waals surface area contributed by atoms with Crippen LogP contribution in [-0.2, 0) is 0 Å². The van der Waals surface area contributed by atoms with Gasteiger partial charge in [0, 0.05) is 31.7 Å². The van der Waals surface area contributed by atoms with Crippen molar-refractivity contribution in [2.45, 2.75) is 115 Å². The zero-order valence-corrected chi connectivity index (χ0v) is 17.7. The molecule has 0 aromatic carbocycles. The van der Waals surface area contributed by atoms with E-state index >= 15 is 0 Å². The fraction of sp³-hybridized carbons (Fsp3) is 0.957. The minimum atomic E-state index is 0.355. The predicted octanol–water partition coefficient (Wildman–Crippen LogP) is 4.88. The Kier molecular flexibility index (Phi) is 6.31. The van der Waals surface area contributed by atoms with Crippen LogP contribution in [0.5, 0.6) is 0 Å². The lowest BCUT2D eigenvalue weighted by molar-refractivity contribution is 0.0635. The molecular weight excluding hydrogens is 334 g/mol. The van der Waals surface area contributed by atoms with Crippen molar-refractivity contribution in [3.05, 3.63) is 0 Å². The van der Waals surface area contributed by atoms with Crippen LogP contribution in [-0.4, -0.2) is 64.5 Å². The monoisotopic (exact) mass is 375 g/mol. The summed E-state index contributed by atoms with van der Waals surface area (Å²) in [7, 11) is 0. The lowest BCUT2D eigenvalue weighted by Crippen LogP contribution is -2.52. The highest BCUT2D eigenvalue weighted by molar-refractivity contribution is 5.78. The highest BCUT2D eigenvalue weighted by Gasteiger charge is 2.48. The molecule has 154 valence electrons. The summed E-state index contributed by atoms with van der Waals surface area (Å²) in [5, 5.41) is 0. The molecule has 0 aromatic heterocycles. The van der Waals surface area contributed by atoms with E-state index in [1.807, 2.05) is 0 Å². The minimum Gasteiger partial charge on any atom is -0.320 e. The molecule has 2 saturated carbocycles. The molecule has 2 saturated heterocycles. The molecule has 4 aliphatic rings. The Morgan fingerprint density at radius 3 is 2.11 bits per heavy atom. The topological polar surface area (TPSA) is 26.8 Å². The second kappa shape index (κ2) is 8.71. The van der Waals surface area contributed by atoms with Crippen LogP contribution >= 0.6 is 0 Å². The molecule has 2 atom stereocenters. The average Bonchev–Trinajstić information content (AvgIpc) is 3.00. The first kappa shape index (κ1) is 19.5. The number of likely N-dealkylation sites (N-methyl/N-ethyl adjacent to an activating group) is 1. The zero-order chi connectivity index (χ0) is 18.8. The van der Waals surface area contributed by atoms with Gasteiger partial charge in [0.25, 0.3) is 0 Å². The van der Waals surface area contributed by atoms with Gasteiger partial charge in [-0.15, -0.1) is 0 Å². The maximum Gasteiger partial charge on any atom is 0.320 e. The van der Waals surface area contributed by atoms with E-state index in [4.69, 9.17) is 0 Å². The van der Waals surface area contributed by atoms with Crippen molar-refractivity contribution in [3.8, 4) is 0 Å². The smallest absolute Gasteiger partial charge is 0.320 e. The molecule has 0 N–H and O–H groups in total. The summed E-state index contributed by atoms with van der Waals surface area (Å²) in [6.07, 6.45) is 15.9. The molecule has 2 aliphatic heterocycles. The third-order valence-corrected chi connectivity index (χ3v) is 8.18. The molecule has 27 heavy (non-hydrogen) atoms. The minimum absolute atomic E-state index is 0.355. The van der Waals surface area contributed by atoms with Crippen LogP contribution in [0.4, 0.5) is 4.79 Å². The molecule has 2 aliphatic carbocycles. The summed E-state index contributed by atoms with van der Waals surface area (Å²) in [5.41, 5.74) is 0. The van der Waals surface area contributed by atoms with Crippen LogP contribution in [0.3, 0.4) is 0 Å². The molecular formula is C23H41N3O. The molecule has 0 radical (unpaired) electrons. The van der Waals surface area contributed by atoms with Gasteiger partial charge in [-0.3, -0.25) is 0 Å². The standard InChI is InChI=1S/C23H41N3O/c1-3-7-18-10-12-19(13-11-18)24-16-14-20(15-17-24)26-22-9-6-5-8-21(22)25(4-2)23(26)27/h18-22H,3-17H2,1-2H3/t18?,19?,21-,22+/m0/s1. The summed E-state index contributed by atoms with van der Waals surface area (Å²) in [4.78, 5) is 20.4. The Labute approximate surface area is 166 Å². The predicted molar refractivity (Wildman–Crippen MR) is 111 cm³/mol. The van der Waals surface area contributed by atoms with E-state index < -0.39 is 0 Å². The Morgan fingerprint density at radius 1 is 0.815 bits per heavy atom. The first-order valence-electron chi connectivity index (χ1n) is 12.1. The number of likely N-dealkylation sites (tertiary alicyclic amines) is 1. The van der Waals surface area contributed by atoms with Crippen LogP contribution in [0.25, 0.3) is 0 Å². The van der Waals surface area contributed by atoms with Gasteiger partial charge in [0.1, 0.15) is 0 Å². The Hall–Kier alpha value is -0.770. The maximum absolute atomic E-state index is 13.1. The van der Waals surface area contributed by atoms with Crippen molar-refractivity contribution in [2.75, 3.05) is 19.6 Å². The zero-order valence-electron chi connectivity index (χ0n) is 17.7.